The van der Waals surface area contributed by atoms with E-state index in [4.69, 9.17) is 0 Å². The van der Waals surface area contributed by atoms with Gasteiger partial charge in [0.1, 0.15) is 5.82 Å². The van der Waals surface area contributed by atoms with Crippen LogP contribution in [0, 0.1) is 12.7 Å². The molecule has 6 heteroatoms. The second-order valence-electron chi connectivity index (χ2n) is 4.39. The maximum atomic E-state index is 13.7. The number of Topliss-reactive ketones (excluding diaryl/α,β-unsaturated/α-hetero) is 1. The number of anilines is 1. The van der Waals surface area contributed by atoms with E-state index in [0.717, 1.165) is 5.56 Å². The summed E-state index contributed by atoms with van der Waals surface area (Å²) in [5.41, 5.74) is -0.0240. The van der Waals surface area contributed by atoms with Gasteiger partial charge in [-0.25, -0.2) is 4.39 Å². The summed E-state index contributed by atoms with van der Waals surface area (Å²) in [6.07, 6.45) is 1.40. The first-order valence-corrected chi connectivity index (χ1v) is 6.00. The Hall–Kier alpha value is -1.56. The fourth-order valence-corrected chi connectivity index (χ4v) is 2.05. The lowest BCUT2D eigenvalue weighted by atomic mass is 10.0. The van der Waals surface area contributed by atoms with E-state index in [-0.39, 0.29) is 11.5 Å². The zero-order chi connectivity index (χ0) is 13.3. The van der Waals surface area contributed by atoms with Crippen molar-refractivity contribution in [2.75, 3.05) is 5.32 Å². The Labute approximate surface area is 110 Å². The minimum Gasteiger partial charge on any atom is -0.354 e. The summed E-state index contributed by atoms with van der Waals surface area (Å²) in [5.74, 6) is -0.655. The number of halogens is 1. The van der Waals surface area contributed by atoms with E-state index in [2.05, 4.69) is 28.3 Å². The molecule has 18 heavy (non-hydrogen) atoms. The highest BCUT2D eigenvalue weighted by Crippen LogP contribution is 2.22. The third-order valence-corrected chi connectivity index (χ3v) is 3.17. The topological polar surface area (TPSA) is 53.5 Å². The Morgan fingerprint density at radius 1 is 1.56 bits per heavy atom. The summed E-state index contributed by atoms with van der Waals surface area (Å²) in [7, 11) is 0. The third kappa shape index (κ3) is 2.33. The molecule has 0 bridgehead atoms. The fraction of sp³-hybridized carbons (Fsp3) is 0.333. The van der Waals surface area contributed by atoms with Crippen molar-refractivity contribution in [3.63, 3.8) is 0 Å². The number of carbonyl (C=O) groups is 1. The van der Waals surface area contributed by atoms with Crippen LogP contribution in [0.4, 0.5) is 10.1 Å². The Bertz CT molecular complexity index is 520. The zero-order valence-electron chi connectivity index (χ0n) is 10.1. The van der Waals surface area contributed by atoms with Crippen molar-refractivity contribution in [2.24, 2.45) is 4.99 Å². The quantitative estimate of drug-likeness (QED) is 0.715. The Kier molecular flexibility index (Phi) is 3.30. The molecule has 2 unspecified atom stereocenters. The van der Waals surface area contributed by atoms with E-state index < -0.39 is 16.9 Å². The summed E-state index contributed by atoms with van der Waals surface area (Å²) in [6.45, 7) is 3.43. The first-order chi connectivity index (χ1) is 8.42. The number of benzene rings is 1. The molecule has 1 aliphatic heterocycles. The van der Waals surface area contributed by atoms with Crippen LogP contribution in [0.5, 0.6) is 0 Å². The average Bonchev–Trinajstić information content (AvgIpc) is 2.30. The van der Waals surface area contributed by atoms with Crippen molar-refractivity contribution >= 4 is 30.4 Å². The number of aryl methyl sites for hydroxylation is 1. The normalized spacial score (nSPS) is 26.9. The van der Waals surface area contributed by atoms with Gasteiger partial charge < -0.3 is 10.6 Å². The fourth-order valence-electron chi connectivity index (χ4n) is 1.72. The average molecular weight is 267 g/mol. The van der Waals surface area contributed by atoms with Crippen LogP contribution in [-0.4, -0.2) is 23.2 Å². The van der Waals surface area contributed by atoms with E-state index in [1.54, 1.807) is 26.0 Å². The van der Waals surface area contributed by atoms with Gasteiger partial charge in [-0.1, -0.05) is 6.07 Å². The summed E-state index contributed by atoms with van der Waals surface area (Å²) >= 11 is 4.06. The number of ketones is 1. The number of aliphatic imine (C=N–C) groups is 1. The number of rotatable bonds is 2. The van der Waals surface area contributed by atoms with Gasteiger partial charge >= 0.3 is 0 Å². The largest absolute Gasteiger partial charge is 0.354 e. The van der Waals surface area contributed by atoms with Crippen LogP contribution in [0.2, 0.25) is 0 Å². The molecule has 4 nitrogen and oxygen atoms in total. The second kappa shape index (κ2) is 4.61. The number of hydrogen-bond donors (Lipinski definition) is 3. The summed E-state index contributed by atoms with van der Waals surface area (Å²) in [4.78, 5) is 15.8. The molecule has 0 spiro atoms. The molecule has 0 aliphatic carbocycles. The molecule has 0 amide bonds. The monoisotopic (exact) mass is 267 g/mol. The van der Waals surface area contributed by atoms with E-state index in [0.29, 0.717) is 0 Å². The van der Waals surface area contributed by atoms with Crippen molar-refractivity contribution < 1.29 is 9.18 Å². The van der Waals surface area contributed by atoms with Gasteiger partial charge in [0, 0.05) is 0 Å². The van der Waals surface area contributed by atoms with Crippen LogP contribution in [0.1, 0.15) is 12.5 Å². The SMILES string of the molecule is Cc1ccc(NC2(C)NC=NC(S)C2=O)c(F)c1. The lowest BCUT2D eigenvalue weighted by Crippen LogP contribution is -2.60. The highest BCUT2D eigenvalue weighted by molar-refractivity contribution is 7.81. The molecule has 1 aromatic rings. The van der Waals surface area contributed by atoms with Crippen LogP contribution in [0.15, 0.2) is 23.2 Å². The summed E-state index contributed by atoms with van der Waals surface area (Å²) in [6, 6.07) is 4.78. The number of hydrogen-bond acceptors (Lipinski definition) is 5. The molecule has 2 atom stereocenters. The number of thiol groups is 1. The molecular formula is C12H14FN3OS. The van der Waals surface area contributed by atoms with Crippen molar-refractivity contribution in [3.8, 4) is 0 Å². The predicted octanol–water partition coefficient (Wildman–Crippen LogP) is 1.72. The molecule has 0 saturated heterocycles. The van der Waals surface area contributed by atoms with Gasteiger partial charge in [0.25, 0.3) is 0 Å². The van der Waals surface area contributed by atoms with Crippen molar-refractivity contribution in [1.29, 1.82) is 0 Å². The van der Waals surface area contributed by atoms with Crippen molar-refractivity contribution in [1.82, 2.24) is 5.32 Å². The number of carbonyl (C=O) groups excluding carboxylic acids is 1. The molecule has 96 valence electrons. The first kappa shape index (κ1) is 12.9. The Morgan fingerprint density at radius 3 is 2.94 bits per heavy atom. The van der Waals surface area contributed by atoms with Crippen LogP contribution in [0.25, 0.3) is 0 Å². The maximum Gasteiger partial charge on any atom is 0.212 e. The predicted molar refractivity (Wildman–Crippen MR) is 72.6 cm³/mol. The highest BCUT2D eigenvalue weighted by atomic mass is 32.1. The van der Waals surface area contributed by atoms with Crippen molar-refractivity contribution in [3.05, 3.63) is 29.6 Å². The Morgan fingerprint density at radius 2 is 2.28 bits per heavy atom. The van der Waals surface area contributed by atoms with Gasteiger partial charge in [0.15, 0.2) is 11.0 Å². The van der Waals surface area contributed by atoms with E-state index in [1.807, 2.05) is 0 Å². The van der Waals surface area contributed by atoms with Gasteiger partial charge in [0.05, 0.1) is 12.0 Å². The van der Waals surface area contributed by atoms with Crippen LogP contribution in [-0.2, 0) is 4.79 Å². The molecule has 0 fully saturated rings. The van der Waals surface area contributed by atoms with Crippen LogP contribution in [0.3, 0.4) is 0 Å². The first-order valence-electron chi connectivity index (χ1n) is 5.48. The molecule has 1 heterocycles. The van der Waals surface area contributed by atoms with E-state index >= 15 is 0 Å². The molecule has 1 aromatic carbocycles. The molecule has 2 N–H and O–H groups in total. The minimum atomic E-state index is -1.11. The zero-order valence-corrected chi connectivity index (χ0v) is 11.0. The smallest absolute Gasteiger partial charge is 0.212 e. The van der Waals surface area contributed by atoms with Gasteiger partial charge in [-0.3, -0.25) is 9.79 Å². The van der Waals surface area contributed by atoms with Gasteiger partial charge in [-0.15, -0.1) is 12.6 Å². The maximum absolute atomic E-state index is 13.7. The van der Waals surface area contributed by atoms with Crippen LogP contribution >= 0.6 is 12.6 Å². The minimum absolute atomic E-state index is 0.256. The lowest BCUT2D eigenvalue weighted by molar-refractivity contribution is -0.123. The van der Waals surface area contributed by atoms with Crippen molar-refractivity contribution in [2.45, 2.75) is 24.9 Å². The number of nitrogens with one attached hydrogen (secondary N) is 2. The van der Waals surface area contributed by atoms with Gasteiger partial charge in [-0.05, 0) is 31.5 Å². The standard InChI is InChI=1S/C12H14FN3OS/c1-7-3-4-9(8(13)5-7)16-12(2)10(17)11(18)14-6-15-12/h3-6,11,16,18H,1-2H3,(H,14,15). The second-order valence-corrected chi connectivity index (χ2v) is 4.88. The summed E-state index contributed by atoms with van der Waals surface area (Å²) in [5, 5.41) is 4.92. The lowest BCUT2D eigenvalue weighted by Gasteiger charge is -2.34. The molecule has 0 aromatic heterocycles. The molecule has 0 radical (unpaired) electrons. The third-order valence-electron chi connectivity index (χ3n) is 2.81. The van der Waals surface area contributed by atoms with E-state index in [1.165, 1.54) is 12.4 Å². The van der Waals surface area contributed by atoms with Gasteiger partial charge in [-0.2, -0.15) is 0 Å². The van der Waals surface area contributed by atoms with Gasteiger partial charge in [0.2, 0.25) is 5.78 Å². The molecular weight excluding hydrogens is 253 g/mol. The van der Waals surface area contributed by atoms with Crippen LogP contribution < -0.4 is 10.6 Å². The molecule has 0 saturated carbocycles. The summed E-state index contributed by atoms with van der Waals surface area (Å²) < 4.78 is 13.7. The highest BCUT2D eigenvalue weighted by Gasteiger charge is 2.38. The Balaban J connectivity index is 2.27. The molecule has 2 rings (SSSR count). The van der Waals surface area contributed by atoms with E-state index in [9.17, 15) is 9.18 Å². The molecule has 1 aliphatic rings. The number of nitrogens with zero attached hydrogens (tertiary/aromatic N) is 1.